The third-order valence-corrected chi connectivity index (χ3v) is 3.24. The van der Waals surface area contributed by atoms with E-state index in [-0.39, 0.29) is 11.7 Å². The predicted octanol–water partition coefficient (Wildman–Crippen LogP) is 2.49. The number of benzene rings is 1. The highest BCUT2D eigenvalue weighted by Crippen LogP contribution is 2.21. The third-order valence-electron chi connectivity index (χ3n) is 3.24. The summed E-state index contributed by atoms with van der Waals surface area (Å²) in [6.07, 6.45) is 0. The van der Waals surface area contributed by atoms with Crippen molar-refractivity contribution in [3.05, 3.63) is 41.8 Å². The molecule has 6 heteroatoms. The fraction of sp³-hybridized carbons (Fsp3) is 0.312. The monoisotopic (exact) mass is 302 g/mol. The van der Waals surface area contributed by atoms with Gasteiger partial charge < -0.3 is 14.8 Å². The van der Waals surface area contributed by atoms with Crippen molar-refractivity contribution in [1.82, 2.24) is 10.3 Å². The molecule has 116 valence electrons. The highest BCUT2D eigenvalue weighted by atomic mass is 16.4. The van der Waals surface area contributed by atoms with Crippen LogP contribution in [0, 0.1) is 12.8 Å². The maximum absolute atomic E-state index is 12.2. The fourth-order valence-electron chi connectivity index (χ4n) is 2.03. The van der Waals surface area contributed by atoms with Crippen LogP contribution in [0.15, 0.2) is 34.7 Å². The van der Waals surface area contributed by atoms with Gasteiger partial charge in [-0.25, -0.2) is 9.78 Å². The number of aromatic nitrogens is 1. The molecule has 2 aromatic rings. The van der Waals surface area contributed by atoms with Crippen LogP contribution in [0.5, 0.6) is 0 Å². The van der Waals surface area contributed by atoms with Crippen LogP contribution in [0.1, 0.15) is 30.1 Å². The third kappa shape index (κ3) is 3.33. The number of carboxylic acid groups (broad SMARTS) is 1. The Balaban J connectivity index is 2.24. The van der Waals surface area contributed by atoms with E-state index in [0.29, 0.717) is 11.6 Å². The highest BCUT2D eigenvalue weighted by molar-refractivity contribution is 5.95. The lowest BCUT2D eigenvalue weighted by atomic mass is 10.0. The van der Waals surface area contributed by atoms with Crippen LogP contribution in [0.3, 0.4) is 0 Å². The average Bonchev–Trinajstić information content (AvgIpc) is 2.87. The van der Waals surface area contributed by atoms with Gasteiger partial charge >= 0.3 is 5.97 Å². The molecule has 2 rings (SSSR count). The molecule has 0 radical (unpaired) electrons. The van der Waals surface area contributed by atoms with Crippen LogP contribution in [-0.4, -0.2) is 28.0 Å². The molecule has 0 unspecified atom stereocenters. The standard InChI is InChI=1S/C16H18N2O4/c1-9(2)12(16(20)21)18-14(19)13-10(3)17-15(22-13)11-7-5-4-6-8-11/h4-9,12H,1-3H3,(H,18,19)(H,20,21)/t12-/m1/s1. The summed E-state index contributed by atoms with van der Waals surface area (Å²) >= 11 is 0. The summed E-state index contributed by atoms with van der Waals surface area (Å²) in [7, 11) is 0. The Hall–Kier alpha value is -2.63. The first kappa shape index (κ1) is 15.8. The Bertz CT molecular complexity index is 677. The van der Waals surface area contributed by atoms with Crippen LogP contribution in [0.4, 0.5) is 0 Å². The summed E-state index contributed by atoms with van der Waals surface area (Å²) in [4.78, 5) is 27.6. The lowest BCUT2D eigenvalue weighted by Crippen LogP contribution is -2.44. The number of hydrogen-bond acceptors (Lipinski definition) is 4. The molecule has 1 amide bonds. The molecule has 0 aliphatic rings. The van der Waals surface area contributed by atoms with Gasteiger partial charge in [-0.3, -0.25) is 4.79 Å². The minimum atomic E-state index is -1.08. The van der Waals surface area contributed by atoms with Crippen molar-refractivity contribution < 1.29 is 19.1 Å². The lowest BCUT2D eigenvalue weighted by molar-refractivity contribution is -0.140. The largest absolute Gasteiger partial charge is 0.480 e. The number of oxazole rings is 1. The Morgan fingerprint density at radius 3 is 2.41 bits per heavy atom. The van der Waals surface area contributed by atoms with E-state index in [1.54, 1.807) is 20.8 Å². The maximum Gasteiger partial charge on any atom is 0.326 e. The molecule has 0 fully saturated rings. The van der Waals surface area contributed by atoms with Gasteiger partial charge in [0.05, 0.1) is 5.69 Å². The van der Waals surface area contributed by atoms with Crippen molar-refractivity contribution in [3.63, 3.8) is 0 Å². The van der Waals surface area contributed by atoms with Gasteiger partial charge in [-0.1, -0.05) is 32.0 Å². The first-order valence-electron chi connectivity index (χ1n) is 6.96. The molecular formula is C16H18N2O4. The number of nitrogens with one attached hydrogen (secondary N) is 1. The first-order chi connectivity index (χ1) is 10.4. The number of rotatable bonds is 5. The molecule has 0 aliphatic carbocycles. The molecule has 2 N–H and O–H groups in total. The van der Waals surface area contributed by atoms with Crippen LogP contribution >= 0.6 is 0 Å². The van der Waals surface area contributed by atoms with E-state index in [1.807, 2.05) is 30.3 Å². The van der Waals surface area contributed by atoms with E-state index in [9.17, 15) is 9.59 Å². The van der Waals surface area contributed by atoms with Crippen molar-refractivity contribution in [2.75, 3.05) is 0 Å². The van der Waals surface area contributed by atoms with Crippen molar-refractivity contribution in [2.45, 2.75) is 26.8 Å². The van der Waals surface area contributed by atoms with Crippen LogP contribution in [0.2, 0.25) is 0 Å². The number of amides is 1. The van der Waals surface area contributed by atoms with Gasteiger partial charge in [0.2, 0.25) is 11.7 Å². The molecule has 1 aromatic carbocycles. The number of aryl methyl sites for hydroxylation is 1. The van der Waals surface area contributed by atoms with Gasteiger partial charge in [0, 0.05) is 5.56 Å². The fourth-order valence-corrected chi connectivity index (χ4v) is 2.03. The molecule has 6 nitrogen and oxygen atoms in total. The molecule has 0 bridgehead atoms. The molecule has 1 aromatic heterocycles. The number of carboxylic acids is 1. The number of carbonyl (C=O) groups excluding carboxylic acids is 1. The van der Waals surface area contributed by atoms with Gasteiger partial charge in [0.1, 0.15) is 6.04 Å². The van der Waals surface area contributed by atoms with Crippen molar-refractivity contribution in [3.8, 4) is 11.5 Å². The zero-order valence-electron chi connectivity index (χ0n) is 12.7. The molecule has 1 heterocycles. The second-order valence-electron chi connectivity index (χ2n) is 5.33. The van der Waals surface area contributed by atoms with Crippen molar-refractivity contribution >= 4 is 11.9 Å². The van der Waals surface area contributed by atoms with E-state index in [4.69, 9.17) is 9.52 Å². The molecular weight excluding hydrogens is 284 g/mol. The molecule has 22 heavy (non-hydrogen) atoms. The zero-order valence-corrected chi connectivity index (χ0v) is 12.7. The van der Waals surface area contributed by atoms with Crippen LogP contribution in [0.25, 0.3) is 11.5 Å². The van der Waals surface area contributed by atoms with Gasteiger partial charge in [0.25, 0.3) is 5.91 Å². The number of nitrogens with zero attached hydrogens (tertiary/aromatic N) is 1. The highest BCUT2D eigenvalue weighted by Gasteiger charge is 2.27. The van der Waals surface area contributed by atoms with Crippen LogP contribution in [-0.2, 0) is 4.79 Å². The SMILES string of the molecule is Cc1nc(-c2ccccc2)oc1C(=O)N[C@@H](C(=O)O)C(C)C. The van der Waals surface area contributed by atoms with Gasteiger partial charge in [-0.2, -0.15) is 0 Å². The summed E-state index contributed by atoms with van der Waals surface area (Å²) in [5.41, 5.74) is 1.17. The van der Waals surface area contributed by atoms with E-state index in [1.165, 1.54) is 0 Å². The Morgan fingerprint density at radius 2 is 1.86 bits per heavy atom. The Kier molecular flexibility index (Phi) is 4.60. The summed E-state index contributed by atoms with van der Waals surface area (Å²) in [6.45, 7) is 5.10. The Morgan fingerprint density at radius 1 is 1.23 bits per heavy atom. The molecule has 1 atom stereocenters. The normalized spacial score (nSPS) is 12.2. The lowest BCUT2D eigenvalue weighted by Gasteiger charge is -2.16. The van der Waals surface area contributed by atoms with E-state index < -0.39 is 17.9 Å². The minimum Gasteiger partial charge on any atom is -0.480 e. The van der Waals surface area contributed by atoms with Gasteiger partial charge in [-0.15, -0.1) is 0 Å². The zero-order chi connectivity index (χ0) is 16.3. The van der Waals surface area contributed by atoms with Crippen molar-refractivity contribution in [2.24, 2.45) is 5.92 Å². The van der Waals surface area contributed by atoms with E-state index >= 15 is 0 Å². The summed E-state index contributed by atoms with van der Waals surface area (Å²) in [5, 5.41) is 11.6. The Labute approximate surface area is 128 Å². The van der Waals surface area contributed by atoms with Gasteiger partial charge in [0.15, 0.2) is 0 Å². The molecule has 0 spiro atoms. The van der Waals surface area contributed by atoms with Crippen LogP contribution < -0.4 is 5.32 Å². The predicted molar refractivity (Wildman–Crippen MR) is 80.4 cm³/mol. The number of aliphatic carboxylic acids is 1. The average molecular weight is 302 g/mol. The maximum atomic E-state index is 12.2. The number of carbonyl (C=O) groups is 2. The second-order valence-corrected chi connectivity index (χ2v) is 5.33. The topological polar surface area (TPSA) is 92.4 Å². The molecule has 0 saturated heterocycles. The second kappa shape index (κ2) is 6.43. The van der Waals surface area contributed by atoms with Crippen molar-refractivity contribution in [1.29, 1.82) is 0 Å². The van der Waals surface area contributed by atoms with E-state index in [0.717, 1.165) is 5.56 Å². The quantitative estimate of drug-likeness (QED) is 0.885. The molecule has 0 aliphatic heterocycles. The smallest absolute Gasteiger partial charge is 0.326 e. The number of hydrogen-bond donors (Lipinski definition) is 2. The summed E-state index contributed by atoms with van der Waals surface area (Å²) in [6, 6.07) is 8.22. The minimum absolute atomic E-state index is 0.0331. The molecule has 0 saturated carbocycles. The van der Waals surface area contributed by atoms with Gasteiger partial charge in [-0.05, 0) is 25.0 Å². The summed E-state index contributed by atoms with van der Waals surface area (Å²) < 4.78 is 5.51. The first-order valence-corrected chi connectivity index (χ1v) is 6.96. The summed E-state index contributed by atoms with van der Waals surface area (Å²) in [5.74, 6) is -1.53. The van der Waals surface area contributed by atoms with E-state index in [2.05, 4.69) is 10.3 Å².